The Bertz CT molecular complexity index is 494. The van der Waals surface area contributed by atoms with Gasteiger partial charge in [0.1, 0.15) is 0 Å². The molecule has 1 fully saturated rings. The largest absolute Gasteiger partial charge is 0.317 e. The van der Waals surface area contributed by atoms with Crippen LogP contribution in [0.15, 0.2) is 30.3 Å². The molecule has 0 spiro atoms. The average molecular weight is 296 g/mol. The highest BCUT2D eigenvalue weighted by Gasteiger charge is 2.27. The molecule has 2 rings (SSSR count). The third-order valence-electron chi connectivity index (χ3n) is 3.84. The summed E-state index contributed by atoms with van der Waals surface area (Å²) in [4.78, 5) is 0. The Morgan fingerprint density at radius 2 is 1.85 bits per heavy atom. The van der Waals surface area contributed by atoms with Crippen LogP contribution in [0.4, 0.5) is 0 Å². The lowest BCUT2D eigenvalue weighted by atomic mass is 9.98. The van der Waals surface area contributed by atoms with Crippen molar-refractivity contribution in [3.8, 4) is 0 Å². The number of nitrogens with zero attached hydrogens (tertiary/aromatic N) is 1. The molecule has 0 amide bonds. The van der Waals surface area contributed by atoms with Gasteiger partial charge in [0.05, 0.1) is 5.75 Å². The molecule has 1 aliphatic rings. The van der Waals surface area contributed by atoms with Gasteiger partial charge in [-0.3, -0.25) is 0 Å². The Morgan fingerprint density at radius 1 is 1.20 bits per heavy atom. The summed E-state index contributed by atoms with van der Waals surface area (Å²) in [6.07, 6.45) is 1.92. The Hall–Kier alpha value is -0.910. The summed E-state index contributed by atoms with van der Waals surface area (Å²) in [6, 6.07) is 9.41. The summed E-state index contributed by atoms with van der Waals surface area (Å²) in [7, 11) is -3.17. The maximum atomic E-state index is 12.4. The molecule has 1 heterocycles. The van der Waals surface area contributed by atoms with Gasteiger partial charge in [0, 0.05) is 13.1 Å². The van der Waals surface area contributed by atoms with Gasteiger partial charge in [-0.15, -0.1) is 0 Å². The van der Waals surface area contributed by atoms with Crippen LogP contribution in [0.5, 0.6) is 0 Å². The van der Waals surface area contributed by atoms with E-state index in [1.807, 2.05) is 30.3 Å². The molecule has 20 heavy (non-hydrogen) atoms. The van der Waals surface area contributed by atoms with Crippen molar-refractivity contribution in [2.45, 2.75) is 25.5 Å². The first-order valence-corrected chi connectivity index (χ1v) is 8.95. The molecule has 0 aromatic heterocycles. The van der Waals surface area contributed by atoms with E-state index in [-0.39, 0.29) is 5.75 Å². The average Bonchev–Trinajstić information content (AvgIpc) is 2.46. The van der Waals surface area contributed by atoms with Crippen molar-refractivity contribution < 1.29 is 8.42 Å². The molecule has 5 heteroatoms. The number of piperidine rings is 1. The summed E-state index contributed by atoms with van der Waals surface area (Å²) < 4.78 is 26.4. The molecule has 1 saturated heterocycles. The maximum Gasteiger partial charge on any atom is 0.218 e. The SMILES string of the molecule is CCNCC1CCN(S(=O)(=O)Cc2ccccc2)CC1. The van der Waals surface area contributed by atoms with Gasteiger partial charge in [-0.1, -0.05) is 37.3 Å². The number of benzene rings is 1. The lowest BCUT2D eigenvalue weighted by molar-refractivity contribution is 0.268. The summed E-state index contributed by atoms with van der Waals surface area (Å²) in [6.45, 7) is 5.39. The highest BCUT2D eigenvalue weighted by atomic mass is 32.2. The zero-order valence-corrected chi connectivity index (χ0v) is 12.9. The van der Waals surface area contributed by atoms with Gasteiger partial charge in [-0.25, -0.2) is 12.7 Å². The van der Waals surface area contributed by atoms with Gasteiger partial charge in [-0.2, -0.15) is 0 Å². The van der Waals surface area contributed by atoms with Crippen LogP contribution in [0.3, 0.4) is 0 Å². The minimum Gasteiger partial charge on any atom is -0.317 e. The standard InChI is InChI=1S/C15H24N2O2S/c1-2-16-12-14-8-10-17(11-9-14)20(18,19)13-15-6-4-3-5-7-15/h3-7,14,16H,2,8-13H2,1H3. The minimum absolute atomic E-state index is 0.117. The lowest BCUT2D eigenvalue weighted by Crippen LogP contribution is -2.41. The van der Waals surface area contributed by atoms with Crippen LogP contribution in [0.1, 0.15) is 25.3 Å². The van der Waals surface area contributed by atoms with E-state index in [9.17, 15) is 8.42 Å². The quantitative estimate of drug-likeness (QED) is 0.871. The summed E-state index contributed by atoms with van der Waals surface area (Å²) in [5, 5.41) is 3.34. The van der Waals surface area contributed by atoms with E-state index in [1.54, 1.807) is 4.31 Å². The van der Waals surface area contributed by atoms with Gasteiger partial charge in [0.25, 0.3) is 0 Å². The third kappa shape index (κ3) is 4.30. The van der Waals surface area contributed by atoms with Crippen LogP contribution in [0, 0.1) is 5.92 Å². The first-order chi connectivity index (χ1) is 9.62. The molecule has 0 atom stereocenters. The molecule has 112 valence electrons. The second kappa shape index (κ2) is 7.20. The van der Waals surface area contributed by atoms with E-state index in [2.05, 4.69) is 12.2 Å². The van der Waals surface area contributed by atoms with Gasteiger partial charge < -0.3 is 5.32 Å². The molecular weight excluding hydrogens is 272 g/mol. The van der Waals surface area contributed by atoms with Gasteiger partial charge in [-0.05, 0) is 37.4 Å². The fourth-order valence-corrected chi connectivity index (χ4v) is 4.18. The number of nitrogens with one attached hydrogen (secondary N) is 1. The number of sulfonamides is 1. The zero-order chi connectivity index (χ0) is 14.4. The smallest absolute Gasteiger partial charge is 0.218 e. The molecule has 0 aliphatic carbocycles. The van der Waals surface area contributed by atoms with Crippen molar-refractivity contribution in [3.63, 3.8) is 0 Å². The van der Waals surface area contributed by atoms with Gasteiger partial charge in [0.2, 0.25) is 10.0 Å². The van der Waals surface area contributed by atoms with E-state index in [1.165, 1.54) is 0 Å². The Labute approximate surface area is 122 Å². The predicted octanol–water partition coefficient (Wildman–Crippen LogP) is 1.84. The van der Waals surface area contributed by atoms with E-state index < -0.39 is 10.0 Å². The fourth-order valence-electron chi connectivity index (χ4n) is 2.62. The van der Waals surface area contributed by atoms with Crippen LogP contribution >= 0.6 is 0 Å². The highest BCUT2D eigenvalue weighted by molar-refractivity contribution is 7.88. The van der Waals surface area contributed by atoms with Gasteiger partial charge in [0.15, 0.2) is 0 Å². The van der Waals surface area contributed by atoms with Crippen LogP contribution in [0.2, 0.25) is 0 Å². The second-order valence-electron chi connectivity index (χ2n) is 5.39. The van der Waals surface area contributed by atoms with Crippen LogP contribution in [-0.4, -0.2) is 38.9 Å². The van der Waals surface area contributed by atoms with E-state index in [0.717, 1.165) is 31.5 Å². The van der Waals surface area contributed by atoms with Crippen molar-refractivity contribution in [1.29, 1.82) is 0 Å². The topological polar surface area (TPSA) is 49.4 Å². The molecule has 1 aliphatic heterocycles. The first-order valence-electron chi connectivity index (χ1n) is 7.34. The first kappa shape index (κ1) is 15.5. The maximum absolute atomic E-state index is 12.4. The van der Waals surface area contributed by atoms with Crippen molar-refractivity contribution in [2.75, 3.05) is 26.2 Å². The molecule has 0 bridgehead atoms. The molecule has 0 saturated carbocycles. The fraction of sp³-hybridized carbons (Fsp3) is 0.600. The van der Waals surface area contributed by atoms with E-state index >= 15 is 0 Å². The van der Waals surface area contributed by atoms with Gasteiger partial charge >= 0.3 is 0 Å². The zero-order valence-electron chi connectivity index (χ0n) is 12.1. The molecule has 1 aromatic carbocycles. The van der Waals surface area contributed by atoms with Crippen molar-refractivity contribution in [1.82, 2.24) is 9.62 Å². The molecule has 1 N–H and O–H groups in total. The monoisotopic (exact) mass is 296 g/mol. The van der Waals surface area contributed by atoms with Crippen LogP contribution in [-0.2, 0) is 15.8 Å². The summed E-state index contributed by atoms with van der Waals surface area (Å²) >= 11 is 0. The van der Waals surface area contributed by atoms with Crippen LogP contribution in [0.25, 0.3) is 0 Å². The third-order valence-corrected chi connectivity index (χ3v) is 5.69. The van der Waals surface area contributed by atoms with Crippen molar-refractivity contribution in [3.05, 3.63) is 35.9 Å². The Kier molecular flexibility index (Phi) is 5.57. The molecule has 0 radical (unpaired) electrons. The predicted molar refractivity (Wildman–Crippen MR) is 81.9 cm³/mol. The lowest BCUT2D eigenvalue weighted by Gasteiger charge is -2.31. The Morgan fingerprint density at radius 3 is 2.45 bits per heavy atom. The van der Waals surface area contributed by atoms with Crippen LogP contribution < -0.4 is 5.32 Å². The number of hydrogen-bond donors (Lipinski definition) is 1. The second-order valence-corrected chi connectivity index (χ2v) is 7.36. The Balaban J connectivity index is 1.89. The number of hydrogen-bond acceptors (Lipinski definition) is 3. The molecule has 4 nitrogen and oxygen atoms in total. The highest BCUT2D eigenvalue weighted by Crippen LogP contribution is 2.21. The normalized spacial score (nSPS) is 18.2. The molecule has 1 aromatic rings. The van der Waals surface area contributed by atoms with E-state index in [0.29, 0.717) is 19.0 Å². The van der Waals surface area contributed by atoms with Crippen molar-refractivity contribution in [2.24, 2.45) is 5.92 Å². The number of rotatable bonds is 6. The summed E-state index contributed by atoms with van der Waals surface area (Å²) in [5.41, 5.74) is 0.863. The minimum atomic E-state index is -3.17. The van der Waals surface area contributed by atoms with Crippen molar-refractivity contribution >= 4 is 10.0 Å². The van der Waals surface area contributed by atoms with E-state index in [4.69, 9.17) is 0 Å². The molecular formula is C15H24N2O2S. The summed E-state index contributed by atoms with van der Waals surface area (Å²) in [5.74, 6) is 0.726. The molecule has 0 unspecified atom stereocenters.